The number of benzene rings is 1. The quantitative estimate of drug-likeness (QED) is 0.853. The summed E-state index contributed by atoms with van der Waals surface area (Å²) in [4.78, 5) is 2.30. The maximum Gasteiger partial charge on any atom is 0.0485 e. The average Bonchev–Trinajstić information content (AvgIpc) is 2.36. The molecule has 2 N–H and O–H groups in total. The first kappa shape index (κ1) is 15.8. The van der Waals surface area contributed by atoms with E-state index in [1.807, 2.05) is 12.1 Å². The number of hydrogen-bond acceptors (Lipinski definition) is 2. The van der Waals surface area contributed by atoms with Gasteiger partial charge in [0.25, 0.3) is 0 Å². The molecule has 0 saturated carbocycles. The monoisotopic (exact) mass is 288 g/mol. The second-order valence-electron chi connectivity index (χ2n) is 4.55. The summed E-state index contributed by atoms with van der Waals surface area (Å²) in [6.07, 6.45) is 2.20. The van der Waals surface area contributed by atoms with E-state index in [4.69, 9.17) is 28.9 Å². The van der Waals surface area contributed by atoms with Gasteiger partial charge in [0.05, 0.1) is 0 Å². The zero-order chi connectivity index (χ0) is 13.7. The predicted molar refractivity (Wildman–Crippen MR) is 80.4 cm³/mol. The molecule has 1 aromatic carbocycles. The average molecular weight is 289 g/mol. The van der Waals surface area contributed by atoms with Crippen molar-refractivity contribution in [3.63, 3.8) is 0 Å². The Kier molecular flexibility index (Phi) is 6.44. The summed E-state index contributed by atoms with van der Waals surface area (Å²) in [7, 11) is 2.10. The fraction of sp³-hybridized carbons (Fsp3) is 0.571. The maximum atomic E-state index is 6.26. The van der Waals surface area contributed by atoms with E-state index in [9.17, 15) is 0 Å². The lowest BCUT2D eigenvalue weighted by Crippen LogP contribution is -2.38. The van der Waals surface area contributed by atoms with Gasteiger partial charge < -0.3 is 5.73 Å². The molecule has 2 nitrogen and oxygen atoms in total. The molecular formula is C14H22Cl2N2. The summed E-state index contributed by atoms with van der Waals surface area (Å²) in [5.41, 5.74) is 6.94. The van der Waals surface area contributed by atoms with Crippen LogP contribution in [0.15, 0.2) is 18.2 Å². The molecule has 0 bridgehead atoms. The molecule has 0 heterocycles. The van der Waals surface area contributed by atoms with Crippen LogP contribution in [0, 0.1) is 0 Å². The van der Waals surface area contributed by atoms with E-state index in [1.165, 1.54) is 0 Å². The first-order valence-corrected chi connectivity index (χ1v) is 7.17. The molecule has 0 radical (unpaired) electrons. The lowest BCUT2D eigenvalue weighted by atomic mass is 10.0. The lowest BCUT2D eigenvalue weighted by Gasteiger charge is -2.34. The van der Waals surface area contributed by atoms with Crippen molar-refractivity contribution in [1.29, 1.82) is 0 Å². The minimum atomic E-state index is 0.112. The molecule has 0 aliphatic rings. The molecule has 0 aliphatic heterocycles. The maximum absolute atomic E-state index is 6.26. The third-order valence-corrected chi connectivity index (χ3v) is 4.13. The summed E-state index contributed by atoms with van der Waals surface area (Å²) in [6, 6.07) is 6.18. The van der Waals surface area contributed by atoms with Gasteiger partial charge in [0, 0.05) is 28.7 Å². The first-order chi connectivity index (χ1) is 8.54. The zero-order valence-corrected chi connectivity index (χ0v) is 12.8. The number of halogens is 2. The van der Waals surface area contributed by atoms with E-state index in [2.05, 4.69) is 25.8 Å². The fourth-order valence-corrected chi connectivity index (χ4v) is 2.83. The van der Waals surface area contributed by atoms with E-state index in [0.717, 1.165) is 23.4 Å². The zero-order valence-electron chi connectivity index (χ0n) is 11.3. The van der Waals surface area contributed by atoms with Crippen LogP contribution in [0.1, 0.15) is 38.3 Å². The second kappa shape index (κ2) is 7.34. The van der Waals surface area contributed by atoms with E-state index < -0.39 is 0 Å². The van der Waals surface area contributed by atoms with Gasteiger partial charge in [-0.25, -0.2) is 0 Å². The Balaban J connectivity index is 3.05. The summed E-state index contributed by atoms with van der Waals surface area (Å²) in [5, 5.41) is 1.43. The topological polar surface area (TPSA) is 29.3 Å². The highest BCUT2D eigenvalue weighted by molar-refractivity contribution is 6.33. The van der Waals surface area contributed by atoms with E-state index in [1.54, 1.807) is 6.07 Å². The Hall–Kier alpha value is -0.280. The van der Waals surface area contributed by atoms with Gasteiger partial charge in [-0.1, -0.05) is 37.0 Å². The molecule has 1 atom stereocenters. The predicted octanol–water partition coefficient (Wildman–Crippen LogP) is 4.11. The highest BCUT2D eigenvalue weighted by Crippen LogP contribution is 2.30. The molecule has 0 aliphatic carbocycles. The fourth-order valence-electron chi connectivity index (χ4n) is 2.40. The molecule has 1 unspecified atom stereocenters. The van der Waals surface area contributed by atoms with Crippen LogP contribution in [0.2, 0.25) is 10.0 Å². The number of rotatable bonds is 6. The van der Waals surface area contributed by atoms with Gasteiger partial charge in [-0.2, -0.15) is 0 Å². The van der Waals surface area contributed by atoms with Gasteiger partial charge in [-0.15, -0.1) is 0 Å². The standard InChI is InChI=1S/C14H22Cl2N2/c1-4-11(5-2)18(3)14(9-17)12-8-10(15)6-7-13(12)16/h6-8,11,14H,4-5,9,17H2,1-3H3. The molecule has 102 valence electrons. The van der Waals surface area contributed by atoms with Crippen molar-refractivity contribution in [1.82, 2.24) is 4.90 Å². The number of nitrogens with two attached hydrogens (primary N) is 1. The Labute approximate surface area is 120 Å². The van der Waals surface area contributed by atoms with Crippen molar-refractivity contribution in [3.05, 3.63) is 33.8 Å². The summed E-state index contributed by atoms with van der Waals surface area (Å²) in [6.45, 7) is 4.92. The summed E-state index contributed by atoms with van der Waals surface area (Å²) >= 11 is 12.3. The molecule has 0 spiro atoms. The number of hydrogen-bond donors (Lipinski definition) is 1. The molecule has 1 aromatic rings. The van der Waals surface area contributed by atoms with Crippen molar-refractivity contribution in [3.8, 4) is 0 Å². The van der Waals surface area contributed by atoms with Gasteiger partial charge in [0.15, 0.2) is 0 Å². The van der Waals surface area contributed by atoms with E-state index >= 15 is 0 Å². The Morgan fingerprint density at radius 3 is 2.33 bits per heavy atom. The summed E-state index contributed by atoms with van der Waals surface area (Å²) in [5.74, 6) is 0. The Morgan fingerprint density at radius 2 is 1.83 bits per heavy atom. The molecular weight excluding hydrogens is 267 g/mol. The van der Waals surface area contributed by atoms with Gasteiger partial charge in [-0.05, 0) is 43.7 Å². The van der Waals surface area contributed by atoms with Crippen LogP contribution in [0.4, 0.5) is 0 Å². The molecule has 0 amide bonds. The van der Waals surface area contributed by atoms with Crippen LogP contribution >= 0.6 is 23.2 Å². The van der Waals surface area contributed by atoms with Crippen molar-refractivity contribution < 1.29 is 0 Å². The SMILES string of the molecule is CCC(CC)N(C)C(CN)c1cc(Cl)ccc1Cl. The molecule has 18 heavy (non-hydrogen) atoms. The van der Waals surface area contributed by atoms with Crippen LogP contribution in [0.5, 0.6) is 0 Å². The van der Waals surface area contributed by atoms with Gasteiger partial charge >= 0.3 is 0 Å². The van der Waals surface area contributed by atoms with E-state index in [-0.39, 0.29) is 6.04 Å². The third-order valence-electron chi connectivity index (χ3n) is 3.55. The highest BCUT2D eigenvalue weighted by atomic mass is 35.5. The van der Waals surface area contributed by atoms with Crippen molar-refractivity contribution in [2.75, 3.05) is 13.6 Å². The minimum absolute atomic E-state index is 0.112. The Morgan fingerprint density at radius 1 is 1.22 bits per heavy atom. The number of likely N-dealkylation sites (N-methyl/N-ethyl adjacent to an activating group) is 1. The van der Waals surface area contributed by atoms with Crippen molar-refractivity contribution in [2.45, 2.75) is 38.8 Å². The van der Waals surface area contributed by atoms with Gasteiger partial charge in [0.2, 0.25) is 0 Å². The molecule has 0 aromatic heterocycles. The molecule has 4 heteroatoms. The van der Waals surface area contributed by atoms with Crippen LogP contribution in [-0.2, 0) is 0 Å². The van der Waals surface area contributed by atoms with Crippen LogP contribution < -0.4 is 5.73 Å². The normalized spacial score (nSPS) is 13.3. The van der Waals surface area contributed by atoms with Crippen LogP contribution in [0.25, 0.3) is 0 Å². The highest BCUT2D eigenvalue weighted by Gasteiger charge is 2.23. The van der Waals surface area contributed by atoms with Gasteiger partial charge in [-0.3, -0.25) is 4.90 Å². The molecule has 1 rings (SSSR count). The largest absolute Gasteiger partial charge is 0.329 e. The van der Waals surface area contributed by atoms with Crippen molar-refractivity contribution in [2.24, 2.45) is 5.73 Å². The van der Waals surface area contributed by atoms with Crippen LogP contribution in [0.3, 0.4) is 0 Å². The van der Waals surface area contributed by atoms with E-state index in [0.29, 0.717) is 17.6 Å². The smallest absolute Gasteiger partial charge is 0.0485 e. The van der Waals surface area contributed by atoms with Gasteiger partial charge in [0.1, 0.15) is 0 Å². The second-order valence-corrected chi connectivity index (χ2v) is 5.40. The minimum Gasteiger partial charge on any atom is -0.329 e. The summed E-state index contributed by atoms with van der Waals surface area (Å²) < 4.78 is 0. The lowest BCUT2D eigenvalue weighted by molar-refractivity contribution is 0.168. The first-order valence-electron chi connectivity index (χ1n) is 6.42. The Bertz CT molecular complexity index is 378. The van der Waals surface area contributed by atoms with Crippen molar-refractivity contribution >= 4 is 23.2 Å². The third kappa shape index (κ3) is 3.61. The number of nitrogens with zero attached hydrogens (tertiary/aromatic N) is 1. The molecule has 0 fully saturated rings. The van der Waals surface area contributed by atoms with Crippen LogP contribution in [-0.4, -0.2) is 24.5 Å². The molecule has 0 saturated heterocycles.